The van der Waals surface area contributed by atoms with Gasteiger partial charge in [-0.15, -0.1) is 0 Å². The first-order chi connectivity index (χ1) is 17.1. The normalized spacial score (nSPS) is 17.0. The molecule has 1 saturated heterocycles. The third kappa shape index (κ3) is 4.56. The van der Waals surface area contributed by atoms with Crippen LogP contribution in [0.2, 0.25) is 5.02 Å². The summed E-state index contributed by atoms with van der Waals surface area (Å²) in [4.78, 5) is 28.1. The van der Waals surface area contributed by atoms with Crippen molar-refractivity contribution in [2.24, 2.45) is 0 Å². The van der Waals surface area contributed by atoms with E-state index < -0.39 is 17.7 Å². The Balaban J connectivity index is 1.91. The van der Waals surface area contributed by atoms with Crippen molar-refractivity contribution in [1.29, 1.82) is 0 Å². The second kappa shape index (κ2) is 10.1. The largest absolute Gasteiger partial charge is 0.507 e. The lowest BCUT2D eigenvalue weighted by molar-refractivity contribution is -0.132. The minimum Gasteiger partial charge on any atom is -0.507 e. The third-order valence-electron chi connectivity index (χ3n) is 6.41. The summed E-state index contributed by atoms with van der Waals surface area (Å²) < 4.78 is 5.73. The number of Topliss-reactive ketones (excluding diaryl/α,β-unsaturated/α-hetero) is 1. The molecule has 0 spiro atoms. The number of rotatable bonds is 6. The predicted molar refractivity (Wildman–Crippen MR) is 141 cm³/mol. The molecule has 1 atom stereocenters. The number of nitrogens with zero attached hydrogens (tertiary/aromatic N) is 1. The number of hydrogen-bond donors (Lipinski definition) is 2. The zero-order valence-corrected chi connectivity index (χ0v) is 21.4. The van der Waals surface area contributed by atoms with Crippen molar-refractivity contribution in [1.82, 2.24) is 0 Å². The van der Waals surface area contributed by atoms with E-state index in [0.717, 1.165) is 23.1 Å². The number of phenolic OH excluding ortho intramolecular Hbond substituents is 1. The molecule has 6 nitrogen and oxygen atoms in total. The maximum Gasteiger partial charge on any atom is 0.300 e. The van der Waals surface area contributed by atoms with E-state index in [1.165, 1.54) is 17.0 Å². The van der Waals surface area contributed by atoms with Crippen LogP contribution in [0.5, 0.6) is 11.5 Å². The Kier molecular flexibility index (Phi) is 7.09. The first-order valence-electron chi connectivity index (χ1n) is 11.7. The average molecular weight is 506 g/mol. The number of carbonyl (C=O) groups is 2. The molecule has 7 heteroatoms. The molecule has 1 aliphatic rings. The molecule has 3 aromatic carbocycles. The van der Waals surface area contributed by atoms with Gasteiger partial charge < -0.3 is 14.9 Å². The molecule has 0 aromatic heterocycles. The van der Waals surface area contributed by atoms with Crippen LogP contribution in [0.25, 0.3) is 5.76 Å². The van der Waals surface area contributed by atoms with Crippen LogP contribution in [0.15, 0.2) is 60.2 Å². The van der Waals surface area contributed by atoms with Gasteiger partial charge in [0.15, 0.2) is 0 Å². The minimum atomic E-state index is -0.943. The number of ketones is 1. The Bertz CT molecular complexity index is 1390. The summed E-state index contributed by atoms with van der Waals surface area (Å²) in [5, 5.41) is 21.4. The zero-order chi connectivity index (χ0) is 26.1. The van der Waals surface area contributed by atoms with Gasteiger partial charge >= 0.3 is 0 Å². The Morgan fingerprint density at radius 2 is 1.72 bits per heavy atom. The highest BCUT2D eigenvalue weighted by molar-refractivity contribution is 6.51. The van der Waals surface area contributed by atoms with Crippen LogP contribution < -0.4 is 9.64 Å². The summed E-state index contributed by atoms with van der Waals surface area (Å²) in [5.74, 6) is -1.29. The van der Waals surface area contributed by atoms with Crippen LogP contribution in [0.1, 0.15) is 47.2 Å². The molecular weight excluding hydrogens is 478 g/mol. The first-order valence-corrected chi connectivity index (χ1v) is 12.1. The summed E-state index contributed by atoms with van der Waals surface area (Å²) in [6, 6.07) is 14.2. The number of aliphatic hydroxyl groups excluding tert-OH is 1. The third-order valence-corrected chi connectivity index (χ3v) is 6.71. The number of carbonyl (C=O) groups excluding carboxylic acids is 2. The summed E-state index contributed by atoms with van der Waals surface area (Å²) in [6.07, 6.45) is 0.859. The van der Waals surface area contributed by atoms with Gasteiger partial charge in [-0.3, -0.25) is 14.5 Å². The van der Waals surface area contributed by atoms with Crippen LogP contribution in [0.4, 0.5) is 5.69 Å². The van der Waals surface area contributed by atoms with Crippen LogP contribution in [-0.2, 0) is 9.59 Å². The van der Waals surface area contributed by atoms with Gasteiger partial charge in [-0.25, -0.2) is 0 Å². The molecule has 3 aromatic rings. The molecule has 1 aliphatic heterocycles. The van der Waals surface area contributed by atoms with Crippen molar-refractivity contribution < 1.29 is 24.5 Å². The van der Waals surface area contributed by atoms with E-state index in [9.17, 15) is 19.8 Å². The van der Waals surface area contributed by atoms with Gasteiger partial charge in [-0.1, -0.05) is 30.7 Å². The first kappa shape index (κ1) is 25.3. The van der Waals surface area contributed by atoms with Crippen molar-refractivity contribution in [3.63, 3.8) is 0 Å². The lowest BCUT2D eigenvalue weighted by atomic mass is 9.94. The van der Waals surface area contributed by atoms with Gasteiger partial charge in [-0.2, -0.15) is 0 Å². The SMILES string of the molecule is CCCOc1ccc(/C(O)=C2\C(=O)C(=O)N(c3ccc(C)c(C)c3)C2c2ccc(O)c(Cl)c2)cc1C. The van der Waals surface area contributed by atoms with Crippen molar-refractivity contribution >= 4 is 34.7 Å². The zero-order valence-electron chi connectivity index (χ0n) is 20.6. The molecule has 36 heavy (non-hydrogen) atoms. The van der Waals surface area contributed by atoms with Crippen molar-refractivity contribution in [3.8, 4) is 11.5 Å². The average Bonchev–Trinajstić information content (AvgIpc) is 3.11. The van der Waals surface area contributed by atoms with Gasteiger partial charge in [0.1, 0.15) is 17.3 Å². The Hall–Kier alpha value is -3.77. The van der Waals surface area contributed by atoms with E-state index >= 15 is 0 Å². The van der Waals surface area contributed by atoms with Gasteiger partial charge in [0, 0.05) is 11.3 Å². The molecule has 1 unspecified atom stereocenters. The molecule has 1 heterocycles. The molecule has 0 aliphatic carbocycles. The maximum absolute atomic E-state index is 13.4. The van der Waals surface area contributed by atoms with Gasteiger partial charge in [0.05, 0.1) is 23.2 Å². The topological polar surface area (TPSA) is 87.1 Å². The van der Waals surface area contributed by atoms with Gasteiger partial charge in [0.25, 0.3) is 11.7 Å². The van der Waals surface area contributed by atoms with Gasteiger partial charge in [0.2, 0.25) is 0 Å². The molecule has 1 amide bonds. The van der Waals surface area contributed by atoms with Crippen molar-refractivity contribution in [3.05, 3.63) is 93.0 Å². The molecule has 0 saturated carbocycles. The highest BCUT2D eigenvalue weighted by atomic mass is 35.5. The second-order valence-corrected chi connectivity index (χ2v) is 9.38. The van der Waals surface area contributed by atoms with E-state index in [1.807, 2.05) is 39.8 Å². The Morgan fingerprint density at radius 3 is 2.36 bits per heavy atom. The smallest absolute Gasteiger partial charge is 0.300 e. The predicted octanol–water partition coefficient (Wildman–Crippen LogP) is 6.39. The summed E-state index contributed by atoms with van der Waals surface area (Å²) in [5.41, 5.74) is 4.13. The number of ether oxygens (including phenoxy) is 1. The Labute approximate surface area is 215 Å². The number of aliphatic hydroxyl groups is 1. The number of aromatic hydroxyl groups is 1. The highest BCUT2D eigenvalue weighted by Gasteiger charge is 2.47. The maximum atomic E-state index is 13.4. The summed E-state index contributed by atoms with van der Waals surface area (Å²) >= 11 is 6.20. The number of benzene rings is 3. The van der Waals surface area contributed by atoms with Gasteiger partial charge in [-0.05, 0) is 91.9 Å². The monoisotopic (exact) mass is 505 g/mol. The standard InChI is InChI=1S/C29H28ClNO5/c1-5-12-36-24-11-8-20(13-18(24)4)27(33)25-26(19-7-10-23(32)22(30)15-19)31(29(35)28(25)34)21-9-6-16(2)17(3)14-21/h6-11,13-15,26,32-33H,5,12H2,1-4H3/b27-25+. The number of anilines is 1. The molecular formula is C29H28ClNO5. The van der Waals surface area contributed by atoms with E-state index in [4.69, 9.17) is 16.3 Å². The number of phenols is 1. The van der Waals surface area contributed by atoms with Crippen LogP contribution in [-0.4, -0.2) is 28.5 Å². The minimum absolute atomic E-state index is 0.0541. The number of amides is 1. The lowest BCUT2D eigenvalue weighted by Crippen LogP contribution is -2.29. The van der Waals surface area contributed by atoms with Crippen molar-refractivity contribution in [2.75, 3.05) is 11.5 Å². The van der Waals surface area contributed by atoms with E-state index in [0.29, 0.717) is 29.2 Å². The van der Waals surface area contributed by atoms with Crippen LogP contribution >= 0.6 is 11.6 Å². The molecule has 186 valence electrons. The molecule has 0 bridgehead atoms. The summed E-state index contributed by atoms with van der Waals surface area (Å²) in [6.45, 7) is 8.31. The van der Waals surface area contributed by atoms with E-state index in [-0.39, 0.29) is 22.1 Å². The second-order valence-electron chi connectivity index (χ2n) is 8.98. The number of halogens is 1. The number of aryl methyl sites for hydroxylation is 3. The van der Waals surface area contributed by atoms with E-state index in [1.54, 1.807) is 30.3 Å². The fraction of sp³-hybridized carbons (Fsp3) is 0.241. The quantitative estimate of drug-likeness (QED) is 0.230. The molecule has 0 radical (unpaired) electrons. The molecule has 2 N–H and O–H groups in total. The van der Waals surface area contributed by atoms with Crippen molar-refractivity contribution in [2.45, 2.75) is 40.2 Å². The number of hydrogen-bond acceptors (Lipinski definition) is 5. The summed E-state index contributed by atoms with van der Waals surface area (Å²) in [7, 11) is 0. The fourth-order valence-electron chi connectivity index (χ4n) is 4.31. The fourth-order valence-corrected chi connectivity index (χ4v) is 4.50. The Morgan fingerprint density at radius 1 is 0.972 bits per heavy atom. The van der Waals surface area contributed by atoms with E-state index in [2.05, 4.69) is 0 Å². The molecule has 4 rings (SSSR count). The molecule has 1 fully saturated rings. The lowest BCUT2D eigenvalue weighted by Gasteiger charge is -2.26. The van der Waals surface area contributed by atoms with Crippen LogP contribution in [0.3, 0.4) is 0 Å². The highest BCUT2D eigenvalue weighted by Crippen LogP contribution is 2.44. The van der Waals surface area contributed by atoms with Crippen LogP contribution in [0, 0.1) is 20.8 Å².